The van der Waals surface area contributed by atoms with Crippen molar-refractivity contribution < 1.29 is 4.79 Å². The second kappa shape index (κ2) is 2.28. The van der Waals surface area contributed by atoms with Crippen molar-refractivity contribution in [1.29, 1.82) is 0 Å². The van der Waals surface area contributed by atoms with Crippen LogP contribution in [0.2, 0.25) is 0 Å². The fourth-order valence-electron chi connectivity index (χ4n) is 0.769. The van der Waals surface area contributed by atoms with Gasteiger partial charge >= 0.3 is 6.03 Å². The van der Waals surface area contributed by atoms with Crippen molar-refractivity contribution >= 4 is 11.9 Å². The molecule has 0 spiro atoms. The van der Waals surface area contributed by atoms with Gasteiger partial charge in [0, 0.05) is 14.1 Å². The van der Waals surface area contributed by atoms with Gasteiger partial charge in [-0.1, -0.05) is 0 Å². The molecule has 56 valence electrons. The van der Waals surface area contributed by atoms with Gasteiger partial charge in [-0.25, -0.2) is 4.79 Å². The lowest BCUT2D eigenvalue weighted by atomic mass is 10.5. The highest BCUT2D eigenvalue weighted by atomic mass is 16.2. The molecule has 0 aromatic heterocycles. The first kappa shape index (κ1) is 7.05. The van der Waals surface area contributed by atoms with Crippen LogP contribution in [-0.4, -0.2) is 42.4 Å². The quantitative estimate of drug-likeness (QED) is 0.479. The lowest BCUT2D eigenvalue weighted by Crippen LogP contribution is -2.45. The van der Waals surface area contributed by atoms with E-state index in [0.29, 0.717) is 6.67 Å². The zero-order valence-electron chi connectivity index (χ0n) is 6.46. The molecule has 0 saturated heterocycles. The molecule has 0 atom stereocenters. The van der Waals surface area contributed by atoms with Crippen molar-refractivity contribution in [2.24, 2.45) is 4.99 Å². The summed E-state index contributed by atoms with van der Waals surface area (Å²) in [6.07, 6.45) is 0. The fourth-order valence-corrected chi connectivity index (χ4v) is 0.769. The number of nitrogens with zero attached hydrogens (tertiary/aromatic N) is 3. The molecule has 0 unspecified atom stereocenters. The predicted octanol–water partition coefficient (Wildman–Crippen LogP) is 0.360. The Morgan fingerprint density at radius 2 is 2.10 bits per heavy atom. The zero-order valence-corrected chi connectivity index (χ0v) is 6.46. The van der Waals surface area contributed by atoms with Crippen molar-refractivity contribution in [2.75, 3.05) is 20.8 Å². The molecule has 1 rings (SSSR count). The Hall–Kier alpha value is -1.06. The van der Waals surface area contributed by atoms with Gasteiger partial charge in [0.15, 0.2) is 0 Å². The molecule has 4 heteroatoms. The first-order valence-corrected chi connectivity index (χ1v) is 3.13. The third-order valence-electron chi connectivity index (χ3n) is 1.61. The molecule has 4 nitrogen and oxygen atoms in total. The average Bonchev–Trinajstić information content (AvgIpc) is 1.93. The number of aliphatic imine (C=N–C) groups is 1. The van der Waals surface area contributed by atoms with E-state index in [2.05, 4.69) is 4.99 Å². The van der Waals surface area contributed by atoms with E-state index in [1.807, 2.05) is 6.92 Å². The number of hydrogen-bond donors (Lipinski definition) is 0. The van der Waals surface area contributed by atoms with Gasteiger partial charge in [-0.3, -0.25) is 9.89 Å². The highest BCUT2D eigenvalue weighted by Gasteiger charge is 2.19. The molecule has 1 aliphatic heterocycles. The van der Waals surface area contributed by atoms with Crippen LogP contribution in [0.15, 0.2) is 4.99 Å². The molecular formula is C6H11N3O. The predicted molar refractivity (Wildman–Crippen MR) is 38.9 cm³/mol. The number of amides is 2. The monoisotopic (exact) mass is 141 g/mol. The summed E-state index contributed by atoms with van der Waals surface area (Å²) in [5, 5.41) is 0. The summed E-state index contributed by atoms with van der Waals surface area (Å²) in [7, 11) is 3.45. The minimum Gasteiger partial charge on any atom is -0.308 e. The van der Waals surface area contributed by atoms with Gasteiger partial charge in [0.05, 0.1) is 0 Å². The van der Waals surface area contributed by atoms with Crippen LogP contribution in [-0.2, 0) is 0 Å². The maximum absolute atomic E-state index is 11.1. The summed E-state index contributed by atoms with van der Waals surface area (Å²) in [4.78, 5) is 18.3. The maximum Gasteiger partial charge on any atom is 0.326 e. The first-order valence-electron chi connectivity index (χ1n) is 3.13. The first-order chi connectivity index (χ1) is 4.63. The van der Waals surface area contributed by atoms with Gasteiger partial charge in [-0.2, -0.15) is 0 Å². The molecule has 0 aromatic carbocycles. The molecule has 1 aliphatic rings. The molecule has 1 heterocycles. The lowest BCUT2D eigenvalue weighted by molar-refractivity contribution is 0.187. The molecular weight excluding hydrogens is 130 g/mol. The second-order valence-corrected chi connectivity index (χ2v) is 2.39. The molecule has 0 bridgehead atoms. The Balaban J connectivity index is 2.81. The molecule has 0 aliphatic carbocycles. The van der Waals surface area contributed by atoms with Crippen LogP contribution < -0.4 is 0 Å². The maximum atomic E-state index is 11.1. The Morgan fingerprint density at radius 1 is 1.50 bits per heavy atom. The van der Waals surface area contributed by atoms with Gasteiger partial charge < -0.3 is 4.90 Å². The van der Waals surface area contributed by atoms with Crippen LogP contribution in [0.5, 0.6) is 0 Å². The third kappa shape index (κ3) is 0.964. The molecule has 0 N–H and O–H groups in total. The Bertz CT molecular complexity index is 187. The van der Waals surface area contributed by atoms with E-state index in [-0.39, 0.29) is 6.03 Å². The molecule has 10 heavy (non-hydrogen) atoms. The second-order valence-electron chi connectivity index (χ2n) is 2.39. The van der Waals surface area contributed by atoms with Crippen LogP contribution in [0.4, 0.5) is 4.79 Å². The van der Waals surface area contributed by atoms with E-state index >= 15 is 0 Å². The minimum atomic E-state index is 0.00694. The van der Waals surface area contributed by atoms with E-state index in [4.69, 9.17) is 0 Å². The van der Waals surface area contributed by atoms with E-state index in [9.17, 15) is 4.79 Å². The number of rotatable bonds is 0. The molecule has 0 fully saturated rings. The van der Waals surface area contributed by atoms with Gasteiger partial charge in [-0.15, -0.1) is 0 Å². The summed E-state index contributed by atoms with van der Waals surface area (Å²) in [6.45, 7) is 2.31. The SMILES string of the molecule is CC1=NCN(C)C(=O)N1C. The summed E-state index contributed by atoms with van der Waals surface area (Å²) in [5.41, 5.74) is 0. The topological polar surface area (TPSA) is 35.9 Å². The zero-order chi connectivity index (χ0) is 7.72. The smallest absolute Gasteiger partial charge is 0.308 e. The van der Waals surface area contributed by atoms with Gasteiger partial charge in [0.2, 0.25) is 0 Å². The van der Waals surface area contributed by atoms with E-state index < -0.39 is 0 Å². The molecule has 2 amide bonds. The van der Waals surface area contributed by atoms with Crippen LogP contribution in [0.25, 0.3) is 0 Å². The number of hydrogen-bond acceptors (Lipinski definition) is 2. The Morgan fingerprint density at radius 3 is 2.60 bits per heavy atom. The fraction of sp³-hybridized carbons (Fsp3) is 0.667. The van der Waals surface area contributed by atoms with Crippen molar-refractivity contribution in [3.63, 3.8) is 0 Å². The van der Waals surface area contributed by atoms with Crippen molar-refractivity contribution in [3.05, 3.63) is 0 Å². The van der Waals surface area contributed by atoms with Gasteiger partial charge in [-0.05, 0) is 6.92 Å². The average molecular weight is 141 g/mol. The van der Waals surface area contributed by atoms with Crippen LogP contribution in [0.1, 0.15) is 6.92 Å². The van der Waals surface area contributed by atoms with Crippen molar-refractivity contribution in [1.82, 2.24) is 9.80 Å². The number of amidine groups is 1. The van der Waals surface area contributed by atoms with Crippen LogP contribution in [0, 0.1) is 0 Å². The van der Waals surface area contributed by atoms with Crippen LogP contribution in [0.3, 0.4) is 0 Å². The normalized spacial score (nSPS) is 19.5. The number of carbonyl (C=O) groups is 1. The summed E-state index contributed by atoms with van der Waals surface area (Å²) in [5.74, 6) is 0.781. The summed E-state index contributed by atoms with van der Waals surface area (Å²) >= 11 is 0. The number of carbonyl (C=O) groups excluding carboxylic acids is 1. The summed E-state index contributed by atoms with van der Waals surface area (Å²) < 4.78 is 0. The lowest BCUT2D eigenvalue weighted by Gasteiger charge is -2.27. The van der Waals surface area contributed by atoms with Crippen LogP contribution >= 0.6 is 0 Å². The Labute approximate surface area is 60.1 Å². The van der Waals surface area contributed by atoms with E-state index in [1.165, 1.54) is 4.90 Å². The van der Waals surface area contributed by atoms with E-state index in [1.54, 1.807) is 19.0 Å². The molecule has 0 radical (unpaired) electrons. The summed E-state index contributed by atoms with van der Waals surface area (Å²) in [6, 6.07) is 0.00694. The van der Waals surface area contributed by atoms with E-state index in [0.717, 1.165) is 5.84 Å². The largest absolute Gasteiger partial charge is 0.326 e. The molecule has 0 aromatic rings. The minimum absolute atomic E-state index is 0.00694. The van der Waals surface area contributed by atoms with Gasteiger partial charge in [0.1, 0.15) is 12.5 Å². The van der Waals surface area contributed by atoms with Gasteiger partial charge in [0.25, 0.3) is 0 Å². The number of urea groups is 1. The van der Waals surface area contributed by atoms with Crippen molar-refractivity contribution in [2.45, 2.75) is 6.92 Å². The standard InChI is InChI=1S/C6H11N3O/c1-5-7-4-8(2)6(10)9(5)3/h4H2,1-3H3. The highest BCUT2D eigenvalue weighted by Crippen LogP contribution is 2.01. The van der Waals surface area contributed by atoms with Crippen molar-refractivity contribution in [3.8, 4) is 0 Å². The molecule has 0 saturated carbocycles. The Kier molecular flexibility index (Phi) is 1.61. The third-order valence-corrected chi connectivity index (χ3v) is 1.61. The highest BCUT2D eigenvalue weighted by molar-refractivity contribution is 5.97.